The Bertz CT molecular complexity index is 545. The van der Waals surface area contributed by atoms with Crippen LogP contribution in [0.25, 0.3) is 0 Å². The molecule has 1 heterocycles. The number of nitrogens with zero attached hydrogens (tertiary/aromatic N) is 2. The lowest BCUT2D eigenvalue weighted by molar-refractivity contribution is 0.0388. The Morgan fingerprint density at radius 1 is 1.05 bits per heavy atom. The predicted octanol–water partition coefficient (Wildman–Crippen LogP) is 3.87. The van der Waals surface area contributed by atoms with E-state index < -0.39 is 0 Å². The highest BCUT2D eigenvalue weighted by molar-refractivity contribution is 5.29. The van der Waals surface area contributed by atoms with Crippen molar-refractivity contribution >= 4 is 6.72 Å². The molecule has 0 aliphatic carbocycles. The van der Waals surface area contributed by atoms with Crippen LogP contribution in [0.2, 0.25) is 0 Å². The van der Waals surface area contributed by atoms with Crippen molar-refractivity contribution in [1.82, 2.24) is 5.01 Å². The molecule has 1 saturated heterocycles. The monoisotopic (exact) mass is 294 g/mol. The Labute approximate surface area is 132 Å². The molecule has 1 unspecified atom stereocenters. The molecule has 0 aromatic heterocycles. The van der Waals surface area contributed by atoms with E-state index in [2.05, 4.69) is 60.3 Å². The molecule has 0 spiro atoms. The van der Waals surface area contributed by atoms with Crippen molar-refractivity contribution in [1.29, 1.82) is 0 Å². The minimum Gasteiger partial charge on any atom is -0.367 e. The zero-order valence-electron chi connectivity index (χ0n) is 12.8. The lowest BCUT2D eigenvalue weighted by atomic mass is 10.0. The van der Waals surface area contributed by atoms with Crippen LogP contribution in [-0.2, 0) is 4.74 Å². The second-order valence-electron chi connectivity index (χ2n) is 5.64. The Hall–Kier alpha value is -2.13. The number of hydrazone groups is 1. The van der Waals surface area contributed by atoms with Gasteiger partial charge in [-0.1, -0.05) is 60.7 Å². The first-order valence-electron chi connectivity index (χ1n) is 7.83. The van der Waals surface area contributed by atoms with E-state index in [1.54, 1.807) is 0 Å². The van der Waals surface area contributed by atoms with E-state index in [-0.39, 0.29) is 6.10 Å². The molecular formula is C19H22N2O. The Morgan fingerprint density at radius 2 is 1.64 bits per heavy atom. The molecule has 0 N–H and O–H groups in total. The van der Waals surface area contributed by atoms with Crippen molar-refractivity contribution in [2.24, 2.45) is 5.10 Å². The van der Waals surface area contributed by atoms with Gasteiger partial charge in [0.1, 0.15) is 6.10 Å². The van der Waals surface area contributed by atoms with Crippen LogP contribution < -0.4 is 0 Å². The number of benzene rings is 2. The first-order chi connectivity index (χ1) is 10.9. The van der Waals surface area contributed by atoms with Gasteiger partial charge in [-0.25, -0.2) is 0 Å². The Kier molecular flexibility index (Phi) is 4.86. The minimum atomic E-state index is -0.0327. The smallest absolute Gasteiger partial charge is 0.108 e. The molecule has 1 aliphatic rings. The second kappa shape index (κ2) is 7.23. The van der Waals surface area contributed by atoms with Crippen LogP contribution in [0.4, 0.5) is 0 Å². The molecule has 0 radical (unpaired) electrons. The van der Waals surface area contributed by atoms with Crippen LogP contribution in [0.1, 0.15) is 30.1 Å². The highest BCUT2D eigenvalue weighted by atomic mass is 16.5. The third kappa shape index (κ3) is 3.37. The lowest BCUT2D eigenvalue weighted by Gasteiger charge is -2.25. The zero-order chi connectivity index (χ0) is 15.2. The molecule has 114 valence electrons. The summed E-state index contributed by atoms with van der Waals surface area (Å²) in [5.41, 5.74) is 2.37. The van der Waals surface area contributed by atoms with Gasteiger partial charge in [0.05, 0.1) is 12.6 Å². The van der Waals surface area contributed by atoms with Gasteiger partial charge in [-0.3, -0.25) is 5.01 Å². The lowest BCUT2D eigenvalue weighted by Crippen LogP contribution is -2.29. The SMILES string of the molecule is C=NN1CCCC1COC(c1ccccc1)c1ccccc1. The van der Waals surface area contributed by atoms with Crippen LogP contribution >= 0.6 is 0 Å². The molecule has 1 aliphatic heterocycles. The van der Waals surface area contributed by atoms with Crippen molar-refractivity contribution in [3.05, 3.63) is 71.8 Å². The highest BCUT2D eigenvalue weighted by Gasteiger charge is 2.25. The molecule has 1 atom stereocenters. The van der Waals surface area contributed by atoms with Gasteiger partial charge in [0.2, 0.25) is 0 Å². The van der Waals surface area contributed by atoms with Crippen LogP contribution in [0, 0.1) is 0 Å². The van der Waals surface area contributed by atoms with E-state index >= 15 is 0 Å². The maximum Gasteiger partial charge on any atom is 0.108 e. The normalized spacial score (nSPS) is 17.9. The largest absolute Gasteiger partial charge is 0.367 e. The summed E-state index contributed by atoms with van der Waals surface area (Å²) in [5, 5.41) is 6.14. The number of rotatable bonds is 6. The van der Waals surface area contributed by atoms with Gasteiger partial charge in [-0.15, -0.1) is 0 Å². The minimum absolute atomic E-state index is 0.0327. The molecule has 3 rings (SSSR count). The van der Waals surface area contributed by atoms with Crippen molar-refractivity contribution in [2.75, 3.05) is 13.2 Å². The predicted molar refractivity (Wildman–Crippen MR) is 90.0 cm³/mol. The van der Waals surface area contributed by atoms with Crippen LogP contribution in [0.3, 0.4) is 0 Å². The van der Waals surface area contributed by atoms with Crippen molar-refractivity contribution in [3.8, 4) is 0 Å². The molecule has 3 nitrogen and oxygen atoms in total. The average Bonchev–Trinajstić information content (AvgIpc) is 3.05. The van der Waals surface area contributed by atoms with Gasteiger partial charge in [0.15, 0.2) is 0 Å². The number of hydrogen-bond acceptors (Lipinski definition) is 3. The summed E-state index contributed by atoms with van der Waals surface area (Å²) < 4.78 is 6.30. The summed E-state index contributed by atoms with van der Waals surface area (Å²) in [6, 6.07) is 21.1. The molecule has 0 amide bonds. The van der Waals surface area contributed by atoms with Crippen molar-refractivity contribution in [3.63, 3.8) is 0 Å². The fourth-order valence-electron chi connectivity index (χ4n) is 3.02. The molecule has 2 aromatic carbocycles. The molecule has 22 heavy (non-hydrogen) atoms. The maximum atomic E-state index is 6.30. The molecule has 1 fully saturated rings. The highest BCUT2D eigenvalue weighted by Crippen LogP contribution is 2.27. The maximum absolute atomic E-state index is 6.30. The first-order valence-corrected chi connectivity index (χ1v) is 7.83. The molecular weight excluding hydrogens is 272 g/mol. The fourth-order valence-corrected chi connectivity index (χ4v) is 3.02. The average molecular weight is 294 g/mol. The Balaban J connectivity index is 1.76. The molecule has 2 aromatic rings. The van der Waals surface area contributed by atoms with Crippen LogP contribution in [0.15, 0.2) is 65.8 Å². The van der Waals surface area contributed by atoms with Gasteiger partial charge in [-0.2, -0.15) is 5.10 Å². The number of hydrogen-bond donors (Lipinski definition) is 0. The number of ether oxygens (including phenoxy) is 1. The third-order valence-corrected chi connectivity index (χ3v) is 4.19. The summed E-state index contributed by atoms with van der Waals surface area (Å²) >= 11 is 0. The quantitative estimate of drug-likeness (QED) is 0.755. The molecule has 0 saturated carbocycles. The molecule has 3 heteroatoms. The fraction of sp³-hybridized carbons (Fsp3) is 0.316. The van der Waals surface area contributed by atoms with Gasteiger partial charge in [0, 0.05) is 13.3 Å². The van der Waals surface area contributed by atoms with E-state index in [1.807, 2.05) is 17.1 Å². The van der Waals surface area contributed by atoms with E-state index in [4.69, 9.17) is 4.74 Å². The van der Waals surface area contributed by atoms with E-state index in [0.29, 0.717) is 12.6 Å². The van der Waals surface area contributed by atoms with Gasteiger partial charge in [-0.05, 0) is 24.0 Å². The topological polar surface area (TPSA) is 24.8 Å². The third-order valence-electron chi connectivity index (χ3n) is 4.19. The van der Waals surface area contributed by atoms with Crippen LogP contribution in [-0.4, -0.2) is 30.9 Å². The summed E-state index contributed by atoms with van der Waals surface area (Å²) in [7, 11) is 0. The zero-order valence-corrected chi connectivity index (χ0v) is 12.8. The summed E-state index contributed by atoms with van der Waals surface area (Å²) in [4.78, 5) is 0. The molecule has 0 bridgehead atoms. The summed E-state index contributed by atoms with van der Waals surface area (Å²) in [6.45, 7) is 5.32. The van der Waals surface area contributed by atoms with Gasteiger partial charge >= 0.3 is 0 Å². The Morgan fingerprint density at radius 3 is 2.18 bits per heavy atom. The second-order valence-corrected chi connectivity index (χ2v) is 5.64. The van der Waals surface area contributed by atoms with Crippen LogP contribution in [0.5, 0.6) is 0 Å². The summed E-state index contributed by atoms with van der Waals surface area (Å²) in [5.74, 6) is 0. The van der Waals surface area contributed by atoms with E-state index in [0.717, 1.165) is 19.4 Å². The van der Waals surface area contributed by atoms with Gasteiger partial charge < -0.3 is 4.74 Å². The van der Waals surface area contributed by atoms with Crippen molar-refractivity contribution in [2.45, 2.75) is 25.0 Å². The van der Waals surface area contributed by atoms with Gasteiger partial charge in [0.25, 0.3) is 0 Å². The standard InChI is InChI=1S/C19H22N2O/c1-20-21-14-8-13-18(21)15-22-19(16-9-4-2-5-10-16)17-11-6-3-7-12-17/h2-7,9-12,18-19H,1,8,13-15H2. The van der Waals surface area contributed by atoms with E-state index in [9.17, 15) is 0 Å². The first kappa shape index (κ1) is 14.8. The summed E-state index contributed by atoms with van der Waals surface area (Å²) in [6.07, 6.45) is 2.25. The van der Waals surface area contributed by atoms with Crippen molar-refractivity contribution < 1.29 is 4.74 Å². The van der Waals surface area contributed by atoms with E-state index in [1.165, 1.54) is 11.1 Å².